The molecular weight excluding hydrogens is 265 g/mol. The Morgan fingerprint density at radius 1 is 1.33 bits per heavy atom. The second kappa shape index (κ2) is 6.61. The van der Waals surface area contributed by atoms with E-state index in [2.05, 4.69) is 24.4 Å². The molecule has 21 heavy (non-hydrogen) atoms. The van der Waals surface area contributed by atoms with Crippen LogP contribution in [0.25, 0.3) is 0 Å². The summed E-state index contributed by atoms with van der Waals surface area (Å²) in [5.74, 6) is 1.26. The molecular formula is C18H24FNO. The third-order valence-electron chi connectivity index (χ3n) is 4.57. The van der Waals surface area contributed by atoms with E-state index in [-0.39, 0.29) is 18.0 Å². The number of fused-ring (bicyclic) bond motifs is 1. The zero-order valence-corrected chi connectivity index (χ0v) is 12.6. The van der Waals surface area contributed by atoms with Crippen LogP contribution in [0.1, 0.15) is 50.6 Å². The maximum atomic E-state index is 13.5. The standard InChI is InChI=1S/C18H24FNO/c1-2-10-20-16-12-18(13-6-4-3-5-7-13)21-17-9-8-14(19)11-15(16)17/h3-4,8-9,11,13,16,18,20H,2,5-7,10,12H2,1H3. The van der Waals surface area contributed by atoms with Gasteiger partial charge in [0.15, 0.2) is 0 Å². The molecule has 1 aliphatic heterocycles. The summed E-state index contributed by atoms with van der Waals surface area (Å²) in [5, 5.41) is 3.56. The van der Waals surface area contributed by atoms with Gasteiger partial charge in [-0.2, -0.15) is 0 Å². The molecule has 3 unspecified atom stereocenters. The maximum Gasteiger partial charge on any atom is 0.124 e. The third-order valence-corrected chi connectivity index (χ3v) is 4.57. The molecule has 0 fully saturated rings. The van der Waals surface area contributed by atoms with E-state index in [4.69, 9.17) is 4.74 Å². The van der Waals surface area contributed by atoms with E-state index in [9.17, 15) is 4.39 Å². The van der Waals surface area contributed by atoms with Gasteiger partial charge < -0.3 is 10.1 Å². The average molecular weight is 289 g/mol. The molecule has 1 aromatic carbocycles. The lowest BCUT2D eigenvalue weighted by atomic mass is 9.83. The van der Waals surface area contributed by atoms with Gasteiger partial charge in [-0.3, -0.25) is 0 Å². The zero-order chi connectivity index (χ0) is 14.7. The van der Waals surface area contributed by atoms with Crippen LogP contribution in [-0.2, 0) is 0 Å². The molecule has 0 spiro atoms. The lowest BCUT2D eigenvalue weighted by Gasteiger charge is -2.37. The van der Waals surface area contributed by atoms with E-state index >= 15 is 0 Å². The molecule has 2 aliphatic rings. The molecule has 0 radical (unpaired) electrons. The third kappa shape index (κ3) is 3.29. The molecule has 114 valence electrons. The van der Waals surface area contributed by atoms with Gasteiger partial charge >= 0.3 is 0 Å². The fourth-order valence-corrected chi connectivity index (χ4v) is 3.42. The van der Waals surface area contributed by atoms with E-state index in [1.807, 2.05) is 0 Å². The van der Waals surface area contributed by atoms with Crippen LogP contribution in [0.3, 0.4) is 0 Å². The summed E-state index contributed by atoms with van der Waals surface area (Å²) >= 11 is 0. The van der Waals surface area contributed by atoms with Crippen LogP contribution in [0.2, 0.25) is 0 Å². The molecule has 2 nitrogen and oxygen atoms in total. The minimum atomic E-state index is -0.181. The number of hydrogen-bond acceptors (Lipinski definition) is 2. The highest BCUT2D eigenvalue weighted by Gasteiger charge is 2.33. The molecule has 1 aromatic rings. The van der Waals surface area contributed by atoms with Gasteiger partial charge in [0.25, 0.3) is 0 Å². The molecule has 0 amide bonds. The predicted octanol–water partition coefficient (Wildman–Crippen LogP) is 4.37. The van der Waals surface area contributed by atoms with Crippen molar-refractivity contribution in [2.24, 2.45) is 5.92 Å². The highest BCUT2D eigenvalue weighted by molar-refractivity contribution is 5.38. The second-order valence-electron chi connectivity index (χ2n) is 6.13. The smallest absolute Gasteiger partial charge is 0.124 e. The SMILES string of the molecule is CCCNC1CC(C2CC=CCC2)Oc2ccc(F)cc21. The monoisotopic (exact) mass is 289 g/mol. The van der Waals surface area contributed by atoms with Gasteiger partial charge in [-0.25, -0.2) is 4.39 Å². The van der Waals surface area contributed by atoms with Gasteiger partial charge in [0.2, 0.25) is 0 Å². The van der Waals surface area contributed by atoms with Gasteiger partial charge in [0.05, 0.1) is 0 Å². The van der Waals surface area contributed by atoms with Crippen LogP contribution < -0.4 is 10.1 Å². The van der Waals surface area contributed by atoms with Crippen molar-refractivity contribution in [3.8, 4) is 5.75 Å². The van der Waals surface area contributed by atoms with Crippen LogP contribution in [0.4, 0.5) is 4.39 Å². The normalized spacial score (nSPS) is 28.0. The van der Waals surface area contributed by atoms with Gasteiger partial charge in [0.1, 0.15) is 17.7 Å². The zero-order valence-electron chi connectivity index (χ0n) is 12.6. The second-order valence-corrected chi connectivity index (χ2v) is 6.13. The predicted molar refractivity (Wildman–Crippen MR) is 82.9 cm³/mol. The van der Waals surface area contributed by atoms with E-state index in [1.54, 1.807) is 12.1 Å². The molecule has 0 bridgehead atoms. The molecule has 3 rings (SSSR count). The molecule has 1 heterocycles. The molecule has 1 aliphatic carbocycles. The number of nitrogens with one attached hydrogen (secondary N) is 1. The summed E-state index contributed by atoms with van der Waals surface area (Å²) in [5.41, 5.74) is 0.978. The van der Waals surface area contributed by atoms with Gasteiger partial charge in [0, 0.05) is 18.0 Å². The van der Waals surface area contributed by atoms with Crippen molar-refractivity contribution in [3.05, 3.63) is 41.7 Å². The number of benzene rings is 1. The topological polar surface area (TPSA) is 21.3 Å². The molecule has 0 saturated heterocycles. The number of rotatable bonds is 4. The Morgan fingerprint density at radius 2 is 2.24 bits per heavy atom. The molecule has 1 N–H and O–H groups in total. The first-order valence-corrected chi connectivity index (χ1v) is 8.12. The van der Waals surface area contributed by atoms with Crippen LogP contribution in [0.5, 0.6) is 5.75 Å². The van der Waals surface area contributed by atoms with Crippen molar-refractivity contribution >= 4 is 0 Å². The van der Waals surface area contributed by atoms with Crippen molar-refractivity contribution in [1.82, 2.24) is 5.32 Å². The van der Waals surface area contributed by atoms with Gasteiger partial charge in [-0.15, -0.1) is 0 Å². The lowest BCUT2D eigenvalue weighted by Crippen LogP contribution is -2.38. The minimum Gasteiger partial charge on any atom is -0.490 e. The first kappa shape index (κ1) is 14.6. The van der Waals surface area contributed by atoms with Gasteiger partial charge in [-0.1, -0.05) is 19.1 Å². The van der Waals surface area contributed by atoms with Gasteiger partial charge in [-0.05, 0) is 56.3 Å². The Labute approximate surface area is 126 Å². The Kier molecular flexibility index (Phi) is 4.59. The molecule has 0 aromatic heterocycles. The summed E-state index contributed by atoms with van der Waals surface area (Å²) in [7, 11) is 0. The largest absolute Gasteiger partial charge is 0.490 e. The summed E-state index contributed by atoms with van der Waals surface area (Å²) in [6.07, 6.45) is 10.2. The summed E-state index contributed by atoms with van der Waals surface area (Å²) in [6.45, 7) is 3.11. The number of halogens is 1. The molecule has 3 heteroatoms. The first-order chi connectivity index (χ1) is 10.3. The van der Waals surface area contributed by atoms with E-state index in [1.165, 1.54) is 12.5 Å². The van der Waals surface area contributed by atoms with Crippen molar-refractivity contribution in [1.29, 1.82) is 0 Å². The molecule has 0 saturated carbocycles. The van der Waals surface area contributed by atoms with E-state index in [0.29, 0.717) is 5.92 Å². The maximum absolute atomic E-state index is 13.5. The van der Waals surface area contributed by atoms with Crippen molar-refractivity contribution in [2.75, 3.05) is 6.54 Å². The Morgan fingerprint density at radius 3 is 3.00 bits per heavy atom. The quantitative estimate of drug-likeness (QED) is 0.831. The van der Waals surface area contributed by atoms with E-state index < -0.39 is 0 Å². The van der Waals surface area contributed by atoms with Crippen molar-refractivity contribution < 1.29 is 9.13 Å². The highest BCUT2D eigenvalue weighted by atomic mass is 19.1. The van der Waals surface area contributed by atoms with Crippen LogP contribution in [0, 0.1) is 11.7 Å². The minimum absolute atomic E-state index is 0.181. The Hall–Kier alpha value is -1.35. The number of ether oxygens (including phenoxy) is 1. The first-order valence-electron chi connectivity index (χ1n) is 8.12. The number of hydrogen-bond donors (Lipinski definition) is 1. The summed E-state index contributed by atoms with van der Waals surface area (Å²) < 4.78 is 19.7. The molecule has 3 atom stereocenters. The van der Waals surface area contributed by atoms with Crippen LogP contribution in [-0.4, -0.2) is 12.6 Å². The Balaban J connectivity index is 1.81. The van der Waals surface area contributed by atoms with Crippen molar-refractivity contribution in [3.63, 3.8) is 0 Å². The fourth-order valence-electron chi connectivity index (χ4n) is 3.42. The van der Waals surface area contributed by atoms with E-state index in [0.717, 1.165) is 43.5 Å². The fraction of sp³-hybridized carbons (Fsp3) is 0.556. The summed E-state index contributed by atoms with van der Waals surface area (Å²) in [6, 6.07) is 5.12. The van der Waals surface area contributed by atoms with Crippen LogP contribution in [0.15, 0.2) is 30.4 Å². The Bertz CT molecular complexity index is 514. The highest BCUT2D eigenvalue weighted by Crippen LogP contribution is 2.39. The lowest BCUT2D eigenvalue weighted by molar-refractivity contribution is 0.0871. The summed E-state index contributed by atoms with van der Waals surface area (Å²) in [4.78, 5) is 0. The van der Waals surface area contributed by atoms with Crippen molar-refractivity contribution in [2.45, 2.75) is 51.2 Å². The average Bonchev–Trinajstić information content (AvgIpc) is 2.53. The number of allylic oxidation sites excluding steroid dienone is 2. The van der Waals surface area contributed by atoms with Crippen LogP contribution >= 0.6 is 0 Å².